The molecule has 4 aromatic rings. The predicted octanol–water partition coefficient (Wildman–Crippen LogP) is 3.09. The van der Waals surface area contributed by atoms with Crippen molar-refractivity contribution in [2.24, 2.45) is 0 Å². The third-order valence-corrected chi connectivity index (χ3v) is 5.33. The van der Waals surface area contributed by atoms with Crippen LogP contribution >= 0.6 is 0 Å². The van der Waals surface area contributed by atoms with Gasteiger partial charge in [0, 0.05) is 6.20 Å². The lowest BCUT2D eigenvalue weighted by Gasteiger charge is -2.13. The highest BCUT2D eigenvalue weighted by Gasteiger charge is 2.30. The summed E-state index contributed by atoms with van der Waals surface area (Å²) in [4.78, 5) is 43.3. The Bertz CT molecular complexity index is 1490. The second kappa shape index (κ2) is 9.98. The third-order valence-electron chi connectivity index (χ3n) is 5.33. The van der Waals surface area contributed by atoms with Crippen molar-refractivity contribution in [1.29, 1.82) is 0 Å². The first-order valence-electron chi connectivity index (χ1n) is 10.8. The zero-order chi connectivity index (χ0) is 25.9. The zero-order valence-electron chi connectivity index (χ0n) is 19.0. The molecule has 0 aliphatic carbocycles. The lowest BCUT2D eigenvalue weighted by atomic mass is 10.1. The van der Waals surface area contributed by atoms with Crippen LogP contribution in [-0.2, 0) is 19.3 Å². The second-order valence-corrected chi connectivity index (χ2v) is 7.97. The molecule has 0 aliphatic heterocycles. The van der Waals surface area contributed by atoms with Crippen molar-refractivity contribution in [3.05, 3.63) is 122 Å². The summed E-state index contributed by atoms with van der Waals surface area (Å²) in [5, 5.41) is 6.58. The highest BCUT2D eigenvalue weighted by atomic mass is 19.4. The monoisotopic (exact) mass is 495 g/mol. The molecule has 4 rings (SSSR count). The Morgan fingerprint density at radius 2 is 1.67 bits per heavy atom. The Kier molecular flexibility index (Phi) is 6.82. The van der Waals surface area contributed by atoms with Gasteiger partial charge in [0.1, 0.15) is 0 Å². The molecule has 0 fully saturated rings. The van der Waals surface area contributed by atoms with Crippen molar-refractivity contribution < 1.29 is 18.0 Å². The van der Waals surface area contributed by atoms with Gasteiger partial charge in [-0.1, -0.05) is 35.9 Å². The number of nitrogens with one attached hydrogen (secondary N) is 1. The summed E-state index contributed by atoms with van der Waals surface area (Å²) in [6.07, 6.45) is -2.97. The number of carbonyl (C=O) groups is 1. The van der Waals surface area contributed by atoms with E-state index < -0.39 is 34.6 Å². The Hall–Kier alpha value is -4.54. The van der Waals surface area contributed by atoms with Crippen molar-refractivity contribution in [3.63, 3.8) is 0 Å². The summed E-state index contributed by atoms with van der Waals surface area (Å²) in [6.45, 7) is 1.51. The molecular weight excluding hydrogens is 475 g/mol. The van der Waals surface area contributed by atoms with Gasteiger partial charge in [0.05, 0.1) is 30.0 Å². The van der Waals surface area contributed by atoms with E-state index in [-0.39, 0.29) is 18.7 Å². The van der Waals surface area contributed by atoms with E-state index >= 15 is 0 Å². The van der Waals surface area contributed by atoms with Crippen LogP contribution in [-0.4, -0.2) is 25.2 Å². The van der Waals surface area contributed by atoms with Gasteiger partial charge in [-0.25, -0.2) is 4.79 Å². The van der Waals surface area contributed by atoms with E-state index in [0.717, 1.165) is 26.9 Å². The van der Waals surface area contributed by atoms with Crippen LogP contribution in [0.15, 0.2) is 82.5 Å². The predicted molar refractivity (Wildman–Crippen MR) is 125 cm³/mol. The van der Waals surface area contributed by atoms with Crippen molar-refractivity contribution in [3.8, 4) is 5.69 Å². The van der Waals surface area contributed by atoms with Crippen molar-refractivity contribution in [1.82, 2.24) is 24.6 Å². The molecule has 0 radical (unpaired) electrons. The quantitative estimate of drug-likeness (QED) is 0.443. The number of alkyl halides is 3. The van der Waals surface area contributed by atoms with Gasteiger partial charge >= 0.3 is 11.9 Å². The Labute approximate surface area is 202 Å². The van der Waals surface area contributed by atoms with Crippen LogP contribution < -0.4 is 16.6 Å². The van der Waals surface area contributed by atoms with E-state index in [9.17, 15) is 27.6 Å². The standard InChI is InChI=1S/C25H20F3N5O3/c1-16-5-11-20(12-6-16)33-24(36)32(15-17-7-9-18(10-8-17)25(26,27)28)23(35)21(31-33)22(34)30-14-19-4-2-3-13-29-19/h2-13H,14-15H2,1H3,(H,30,34). The summed E-state index contributed by atoms with van der Waals surface area (Å²) < 4.78 is 40.4. The SMILES string of the molecule is Cc1ccc(-n2nc(C(=O)NCc3ccccn3)c(=O)n(Cc3ccc(C(F)(F)F)cc3)c2=O)cc1. The molecule has 2 heterocycles. The largest absolute Gasteiger partial charge is 0.416 e. The molecule has 36 heavy (non-hydrogen) atoms. The number of halogens is 3. The van der Waals surface area contributed by atoms with Crippen LogP contribution in [0.4, 0.5) is 13.2 Å². The number of aromatic nitrogens is 4. The van der Waals surface area contributed by atoms with Gasteiger partial charge in [-0.15, -0.1) is 0 Å². The van der Waals surface area contributed by atoms with Crippen molar-refractivity contribution in [2.45, 2.75) is 26.2 Å². The maximum absolute atomic E-state index is 13.2. The topological polar surface area (TPSA) is 98.9 Å². The van der Waals surface area contributed by atoms with Gasteiger partial charge in [0.2, 0.25) is 5.69 Å². The van der Waals surface area contributed by atoms with Gasteiger partial charge in [-0.05, 0) is 48.9 Å². The number of amides is 1. The molecule has 0 saturated carbocycles. The van der Waals surface area contributed by atoms with Crippen LogP contribution in [0.1, 0.15) is 32.9 Å². The summed E-state index contributed by atoms with van der Waals surface area (Å²) >= 11 is 0. The maximum Gasteiger partial charge on any atom is 0.416 e. The zero-order valence-corrected chi connectivity index (χ0v) is 19.0. The fourth-order valence-corrected chi connectivity index (χ4v) is 3.39. The molecule has 0 aliphatic rings. The van der Waals surface area contributed by atoms with Gasteiger partial charge in [0.25, 0.3) is 11.5 Å². The van der Waals surface area contributed by atoms with E-state index in [1.165, 1.54) is 12.1 Å². The van der Waals surface area contributed by atoms with E-state index in [1.807, 2.05) is 6.92 Å². The fraction of sp³-hybridized carbons (Fsp3) is 0.160. The molecular formula is C25H20F3N5O3. The summed E-state index contributed by atoms with van der Waals surface area (Å²) in [6, 6.07) is 15.9. The van der Waals surface area contributed by atoms with E-state index in [0.29, 0.717) is 11.4 Å². The fourth-order valence-electron chi connectivity index (χ4n) is 3.39. The number of pyridine rings is 1. The smallest absolute Gasteiger partial charge is 0.345 e. The molecule has 0 atom stereocenters. The number of nitrogens with zero attached hydrogens (tertiary/aromatic N) is 4. The lowest BCUT2D eigenvalue weighted by molar-refractivity contribution is -0.137. The number of hydrogen-bond donors (Lipinski definition) is 1. The van der Waals surface area contributed by atoms with E-state index in [1.54, 1.807) is 48.7 Å². The summed E-state index contributed by atoms with van der Waals surface area (Å²) in [5.74, 6) is -0.826. The minimum Gasteiger partial charge on any atom is -0.345 e. The number of benzene rings is 2. The normalized spacial score (nSPS) is 11.3. The van der Waals surface area contributed by atoms with Crippen LogP contribution in [0.2, 0.25) is 0 Å². The molecule has 2 aromatic carbocycles. The molecule has 0 saturated heterocycles. The van der Waals surface area contributed by atoms with Gasteiger partial charge < -0.3 is 5.32 Å². The van der Waals surface area contributed by atoms with Crippen LogP contribution in [0.5, 0.6) is 0 Å². The first-order chi connectivity index (χ1) is 17.1. The van der Waals surface area contributed by atoms with E-state index in [2.05, 4.69) is 15.4 Å². The van der Waals surface area contributed by atoms with Crippen LogP contribution in [0, 0.1) is 6.92 Å². The average Bonchev–Trinajstić information content (AvgIpc) is 2.86. The minimum absolute atomic E-state index is 0.0172. The molecule has 2 aromatic heterocycles. The summed E-state index contributed by atoms with van der Waals surface area (Å²) in [7, 11) is 0. The van der Waals surface area contributed by atoms with Gasteiger partial charge in [0.15, 0.2) is 0 Å². The second-order valence-electron chi connectivity index (χ2n) is 7.97. The van der Waals surface area contributed by atoms with Crippen LogP contribution in [0.25, 0.3) is 5.69 Å². The van der Waals surface area contributed by atoms with Crippen LogP contribution in [0.3, 0.4) is 0 Å². The molecule has 8 nitrogen and oxygen atoms in total. The summed E-state index contributed by atoms with van der Waals surface area (Å²) in [5.41, 5.74) is -1.18. The Morgan fingerprint density at radius 3 is 2.28 bits per heavy atom. The highest BCUT2D eigenvalue weighted by molar-refractivity contribution is 5.91. The minimum atomic E-state index is -4.52. The molecule has 1 N–H and O–H groups in total. The van der Waals surface area contributed by atoms with E-state index in [4.69, 9.17) is 0 Å². The van der Waals surface area contributed by atoms with Crippen molar-refractivity contribution in [2.75, 3.05) is 0 Å². The Balaban J connectivity index is 1.75. The number of aryl methyl sites for hydroxylation is 1. The maximum atomic E-state index is 13.2. The molecule has 0 unspecified atom stereocenters. The average molecular weight is 495 g/mol. The Morgan fingerprint density at radius 1 is 0.972 bits per heavy atom. The number of carbonyl (C=O) groups excluding carboxylic acids is 1. The third kappa shape index (κ3) is 5.40. The molecule has 11 heteroatoms. The van der Waals surface area contributed by atoms with Gasteiger partial charge in [-0.2, -0.15) is 23.0 Å². The van der Waals surface area contributed by atoms with Gasteiger partial charge in [-0.3, -0.25) is 19.1 Å². The number of hydrogen-bond acceptors (Lipinski definition) is 5. The first-order valence-corrected chi connectivity index (χ1v) is 10.8. The highest BCUT2D eigenvalue weighted by Crippen LogP contribution is 2.29. The van der Waals surface area contributed by atoms with Crippen molar-refractivity contribution >= 4 is 5.91 Å². The first kappa shape index (κ1) is 24.6. The molecule has 1 amide bonds. The number of rotatable bonds is 6. The molecule has 0 bridgehead atoms. The molecule has 0 spiro atoms. The lowest BCUT2D eigenvalue weighted by Crippen LogP contribution is -2.46. The molecule has 184 valence electrons.